The number of nitrogens with zero attached hydrogens (tertiary/aromatic N) is 2. The van der Waals surface area contributed by atoms with Crippen LogP contribution in [0.15, 0.2) is 24.5 Å². The highest BCUT2D eigenvalue weighted by molar-refractivity contribution is 5.81. The van der Waals surface area contributed by atoms with Gasteiger partial charge in [-0.2, -0.15) is 0 Å². The smallest absolute Gasteiger partial charge is 0.306 e. The van der Waals surface area contributed by atoms with Gasteiger partial charge < -0.3 is 10.0 Å². The molecule has 2 fully saturated rings. The highest BCUT2D eigenvalue weighted by Gasteiger charge is 2.37. The molecule has 0 spiro atoms. The number of carbonyl (C=O) groups is 2. The first-order chi connectivity index (χ1) is 11.6. The number of rotatable bonds is 5. The molecule has 0 saturated heterocycles. The van der Waals surface area contributed by atoms with Crippen LogP contribution in [0.1, 0.15) is 56.9 Å². The molecule has 130 valence electrons. The fraction of sp³-hybridized carbons (Fsp3) is 0.632. The van der Waals surface area contributed by atoms with Crippen LogP contribution in [-0.4, -0.2) is 32.9 Å². The molecule has 2 atom stereocenters. The fourth-order valence-corrected chi connectivity index (χ4v) is 4.13. The Morgan fingerprint density at radius 1 is 1.04 bits per heavy atom. The molecule has 3 rings (SSSR count). The lowest BCUT2D eigenvalue weighted by Gasteiger charge is -2.36. The zero-order chi connectivity index (χ0) is 16.9. The average Bonchev–Trinajstić information content (AvgIpc) is 3.11. The molecule has 1 amide bonds. The Hall–Kier alpha value is -1.91. The lowest BCUT2D eigenvalue weighted by atomic mass is 9.92. The summed E-state index contributed by atoms with van der Waals surface area (Å²) in [6.07, 6.45) is 11.1. The van der Waals surface area contributed by atoms with E-state index >= 15 is 0 Å². The van der Waals surface area contributed by atoms with E-state index in [2.05, 4.69) is 4.98 Å². The van der Waals surface area contributed by atoms with Crippen LogP contribution in [-0.2, 0) is 16.1 Å². The van der Waals surface area contributed by atoms with Crippen LogP contribution in [0.2, 0.25) is 0 Å². The summed E-state index contributed by atoms with van der Waals surface area (Å²) in [6, 6.07) is 4.21. The maximum absolute atomic E-state index is 13.1. The van der Waals surface area contributed by atoms with E-state index in [4.69, 9.17) is 0 Å². The minimum absolute atomic E-state index is 0.130. The van der Waals surface area contributed by atoms with Crippen LogP contribution in [0.5, 0.6) is 0 Å². The van der Waals surface area contributed by atoms with Gasteiger partial charge in [0.25, 0.3) is 0 Å². The summed E-state index contributed by atoms with van der Waals surface area (Å²) >= 11 is 0. The number of carbonyl (C=O) groups excluding carboxylic acids is 1. The predicted molar refractivity (Wildman–Crippen MR) is 90.1 cm³/mol. The summed E-state index contributed by atoms with van der Waals surface area (Å²) in [5, 5.41) is 9.20. The van der Waals surface area contributed by atoms with Crippen LogP contribution in [0, 0.1) is 11.8 Å². The molecule has 0 unspecified atom stereocenters. The van der Waals surface area contributed by atoms with Gasteiger partial charge in [-0.05, 0) is 49.8 Å². The molecule has 2 aliphatic rings. The summed E-state index contributed by atoms with van der Waals surface area (Å²) in [6.45, 7) is 0.611. The van der Waals surface area contributed by atoms with E-state index in [1.807, 2.05) is 17.0 Å². The molecule has 1 aromatic rings. The Labute approximate surface area is 143 Å². The highest BCUT2D eigenvalue weighted by atomic mass is 16.4. The van der Waals surface area contributed by atoms with Crippen LogP contribution < -0.4 is 0 Å². The number of carboxylic acids is 1. The topological polar surface area (TPSA) is 70.5 Å². The maximum atomic E-state index is 13.1. The fourth-order valence-electron chi connectivity index (χ4n) is 4.13. The minimum Gasteiger partial charge on any atom is -0.481 e. The first-order valence-electron chi connectivity index (χ1n) is 9.07. The third kappa shape index (κ3) is 3.94. The maximum Gasteiger partial charge on any atom is 0.306 e. The van der Waals surface area contributed by atoms with Crippen molar-refractivity contribution in [1.82, 2.24) is 9.88 Å². The van der Waals surface area contributed by atoms with Gasteiger partial charge in [0.15, 0.2) is 0 Å². The van der Waals surface area contributed by atoms with E-state index in [-0.39, 0.29) is 17.7 Å². The summed E-state index contributed by atoms with van der Waals surface area (Å²) < 4.78 is 0. The second kappa shape index (κ2) is 7.77. The molecule has 24 heavy (non-hydrogen) atoms. The number of aliphatic carboxylic acids is 1. The molecular formula is C19H26N2O3. The molecule has 1 aromatic heterocycles. The van der Waals surface area contributed by atoms with Crippen LogP contribution in [0.4, 0.5) is 0 Å². The van der Waals surface area contributed by atoms with Crippen molar-refractivity contribution in [3.05, 3.63) is 30.1 Å². The second-order valence-electron chi connectivity index (χ2n) is 7.16. The van der Waals surface area contributed by atoms with Crippen molar-refractivity contribution in [2.45, 2.75) is 64.0 Å². The van der Waals surface area contributed by atoms with E-state index in [0.717, 1.165) is 18.4 Å². The van der Waals surface area contributed by atoms with Crippen molar-refractivity contribution < 1.29 is 14.7 Å². The summed E-state index contributed by atoms with van der Waals surface area (Å²) in [5.74, 6) is -1.09. The Balaban J connectivity index is 1.73. The Bertz CT molecular complexity index is 569. The van der Waals surface area contributed by atoms with E-state index < -0.39 is 5.97 Å². The number of carboxylic acid groups (broad SMARTS) is 1. The quantitative estimate of drug-likeness (QED) is 0.899. The number of pyridine rings is 1. The van der Waals surface area contributed by atoms with Crippen molar-refractivity contribution in [2.75, 3.05) is 0 Å². The van der Waals surface area contributed by atoms with Crippen molar-refractivity contribution in [1.29, 1.82) is 0 Å². The molecule has 0 radical (unpaired) electrons. The third-order valence-electron chi connectivity index (χ3n) is 5.53. The van der Waals surface area contributed by atoms with Gasteiger partial charge in [-0.15, -0.1) is 0 Å². The van der Waals surface area contributed by atoms with Gasteiger partial charge in [-0.1, -0.05) is 19.3 Å². The second-order valence-corrected chi connectivity index (χ2v) is 7.16. The van der Waals surface area contributed by atoms with Crippen molar-refractivity contribution in [3.8, 4) is 0 Å². The van der Waals surface area contributed by atoms with E-state index in [0.29, 0.717) is 31.8 Å². The average molecular weight is 330 g/mol. The van der Waals surface area contributed by atoms with Crippen molar-refractivity contribution in [3.63, 3.8) is 0 Å². The number of hydrogen-bond donors (Lipinski definition) is 1. The van der Waals surface area contributed by atoms with Crippen molar-refractivity contribution in [2.24, 2.45) is 11.8 Å². The molecule has 0 aromatic carbocycles. The lowest BCUT2D eigenvalue weighted by molar-refractivity contribution is -0.142. The highest BCUT2D eigenvalue weighted by Crippen LogP contribution is 2.34. The monoisotopic (exact) mass is 330 g/mol. The van der Waals surface area contributed by atoms with Gasteiger partial charge in [0.1, 0.15) is 0 Å². The SMILES string of the molecule is O=C(O)[C@@H]1CC[C@H](C(=O)N(Cc2ccncc2)C2CCCCC2)C1. The molecule has 0 bridgehead atoms. The Morgan fingerprint density at radius 2 is 1.71 bits per heavy atom. The van der Waals surface area contributed by atoms with Crippen molar-refractivity contribution >= 4 is 11.9 Å². The first-order valence-corrected chi connectivity index (χ1v) is 9.07. The summed E-state index contributed by atoms with van der Waals surface area (Å²) in [7, 11) is 0. The molecule has 5 heteroatoms. The van der Waals surface area contributed by atoms with Gasteiger partial charge in [0, 0.05) is 30.9 Å². The van der Waals surface area contributed by atoms with Gasteiger partial charge in [-0.25, -0.2) is 0 Å². The predicted octanol–water partition coefficient (Wildman–Crippen LogP) is 3.24. The molecule has 5 nitrogen and oxygen atoms in total. The molecular weight excluding hydrogens is 304 g/mol. The Kier molecular flexibility index (Phi) is 5.48. The number of hydrogen-bond acceptors (Lipinski definition) is 3. The molecule has 1 heterocycles. The van der Waals surface area contributed by atoms with Gasteiger partial charge in [-0.3, -0.25) is 14.6 Å². The van der Waals surface area contributed by atoms with Gasteiger partial charge in [0.2, 0.25) is 5.91 Å². The summed E-state index contributed by atoms with van der Waals surface area (Å²) in [5.41, 5.74) is 1.09. The zero-order valence-electron chi connectivity index (χ0n) is 14.1. The van der Waals surface area contributed by atoms with E-state index in [1.54, 1.807) is 12.4 Å². The zero-order valence-corrected chi connectivity index (χ0v) is 14.1. The molecule has 2 saturated carbocycles. The van der Waals surface area contributed by atoms with Gasteiger partial charge in [0.05, 0.1) is 5.92 Å². The van der Waals surface area contributed by atoms with Crippen LogP contribution in [0.3, 0.4) is 0 Å². The van der Waals surface area contributed by atoms with E-state index in [9.17, 15) is 14.7 Å². The molecule has 0 aliphatic heterocycles. The normalized spacial score (nSPS) is 24.7. The largest absolute Gasteiger partial charge is 0.481 e. The molecule has 2 aliphatic carbocycles. The lowest BCUT2D eigenvalue weighted by Crippen LogP contribution is -2.43. The molecule has 1 N–H and O–H groups in total. The standard InChI is InChI=1S/C19H26N2O3/c22-18(15-6-7-16(12-15)19(23)24)21(17-4-2-1-3-5-17)13-14-8-10-20-11-9-14/h8-11,15-17H,1-7,12-13H2,(H,23,24)/t15-,16+/m0/s1. The van der Waals surface area contributed by atoms with Crippen LogP contribution >= 0.6 is 0 Å². The van der Waals surface area contributed by atoms with Gasteiger partial charge >= 0.3 is 5.97 Å². The third-order valence-corrected chi connectivity index (χ3v) is 5.53. The minimum atomic E-state index is -0.761. The Morgan fingerprint density at radius 3 is 2.33 bits per heavy atom. The first kappa shape index (κ1) is 16.9. The number of aromatic nitrogens is 1. The van der Waals surface area contributed by atoms with Crippen LogP contribution in [0.25, 0.3) is 0 Å². The number of amides is 1. The summed E-state index contributed by atoms with van der Waals surface area (Å²) in [4.78, 5) is 30.4. The van der Waals surface area contributed by atoms with E-state index in [1.165, 1.54) is 19.3 Å².